The number of hydrogen-bond acceptors (Lipinski definition) is 7. The molecule has 0 saturated heterocycles. The number of anilines is 1. The number of nitrogens with one attached hydrogen (secondary N) is 1. The van der Waals surface area contributed by atoms with E-state index in [4.69, 9.17) is 14.2 Å². The Morgan fingerprint density at radius 2 is 1.71 bits per heavy atom. The van der Waals surface area contributed by atoms with Gasteiger partial charge in [-0.2, -0.15) is 0 Å². The van der Waals surface area contributed by atoms with E-state index in [-0.39, 0.29) is 11.5 Å². The van der Waals surface area contributed by atoms with Gasteiger partial charge in [0.25, 0.3) is 11.5 Å². The fraction of sp³-hybridized carbons (Fsp3) is 0.192. The first kappa shape index (κ1) is 24.2. The number of thioether (sulfide) groups is 1. The van der Waals surface area contributed by atoms with E-state index in [2.05, 4.69) is 10.3 Å². The number of para-hydroxylation sites is 1. The third kappa shape index (κ3) is 5.25. The summed E-state index contributed by atoms with van der Waals surface area (Å²) in [7, 11) is 4.51. The van der Waals surface area contributed by atoms with E-state index in [1.54, 1.807) is 18.3 Å². The summed E-state index contributed by atoms with van der Waals surface area (Å²) in [5.41, 5.74) is 3.17. The maximum Gasteiger partial charge on any atom is 0.258 e. The Kier molecular flexibility index (Phi) is 7.26. The Hall–Kier alpha value is -3.98. The zero-order chi connectivity index (χ0) is 24.9. The first-order valence-electron chi connectivity index (χ1n) is 10.8. The minimum absolute atomic E-state index is 0.130. The second kappa shape index (κ2) is 10.5. The van der Waals surface area contributed by atoms with E-state index < -0.39 is 0 Å². The second-order valence-corrected chi connectivity index (χ2v) is 8.69. The number of rotatable bonds is 8. The van der Waals surface area contributed by atoms with Gasteiger partial charge in [0.2, 0.25) is 5.75 Å². The Labute approximate surface area is 206 Å². The average Bonchev–Trinajstić information content (AvgIpc) is 2.86. The monoisotopic (exact) mass is 491 g/mol. The molecule has 9 heteroatoms. The molecule has 4 rings (SSSR count). The van der Waals surface area contributed by atoms with Gasteiger partial charge in [-0.05, 0) is 48.9 Å². The van der Waals surface area contributed by atoms with Gasteiger partial charge in [-0.25, -0.2) is 4.98 Å². The third-order valence-electron chi connectivity index (χ3n) is 5.31. The van der Waals surface area contributed by atoms with Crippen LogP contribution in [0.5, 0.6) is 17.2 Å². The molecule has 2 aromatic carbocycles. The van der Waals surface area contributed by atoms with Crippen LogP contribution in [0.1, 0.15) is 21.6 Å². The maximum atomic E-state index is 13.1. The molecule has 0 atom stereocenters. The van der Waals surface area contributed by atoms with Crippen LogP contribution in [0.4, 0.5) is 5.69 Å². The summed E-state index contributed by atoms with van der Waals surface area (Å²) < 4.78 is 17.6. The lowest BCUT2D eigenvalue weighted by Crippen LogP contribution is -2.15. The minimum Gasteiger partial charge on any atom is -0.493 e. The van der Waals surface area contributed by atoms with Crippen LogP contribution >= 0.6 is 11.8 Å². The van der Waals surface area contributed by atoms with Crippen LogP contribution < -0.4 is 25.1 Å². The van der Waals surface area contributed by atoms with E-state index >= 15 is 0 Å². The number of amides is 1. The standard InChI is InChI=1S/C26H25N3O5S/c1-16-9-10-29-23(11-16)27-18(14-24(29)30)15-35-22-8-6-5-7-19(22)28-26(31)17-12-20(32-2)25(34-4)21(13-17)33-3/h5-14H,15H2,1-4H3,(H,28,31). The Morgan fingerprint density at radius 1 is 1.00 bits per heavy atom. The summed E-state index contributed by atoms with van der Waals surface area (Å²) in [4.78, 5) is 31.0. The lowest BCUT2D eigenvalue weighted by atomic mass is 10.1. The molecule has 8 nitrogen and oxygen atoms in total. The minimum atomic E-state index is -0.324. The van der Waals surface area contributed by atoms with Crippen LogP contribution in [0, 0.1) is 6.92 Å². The molecule has 2 heterocycles. The van der Waals surface area contributed by atoms with Gasteiger partial charge in [0.05, 0.1) is 32.7 Å². The molecule has 4 aromatic rings. The number of pyridine rings is 1. The zero-order valence-corrected chi connectivity index (χ0v) is 20.6. The van der Waals surface area contributed by atoms with E-state index in [1.807, 2.05) is 43.3 Å². The quantitative estimate of drug-likeness (QED) is 0.361. The summed E-state index contributed by atoms with van der Waals surface area (Å²) in [5, 5.41) is 2.95. The number of carbonyl (C=O) groups excluding carboxylic acids is 1. The lowest BCUT2D eigenvalue weighted by molar-refractivity contribution is 0.102. The van der Waals surface area contributed by atoms with Gasteiger partial charge in [-0.15, -0.1) is 11.8 Å². The van der Waals surface area contributed by atoms with Gasteiger partial charge in [0.15, 0.2) is 11.5 Å². The van der Waals surface area contributed by atoms with E-state index in [0.717, 1.165) is 10.5 Å². The number of nitrogens with zero attached hydrogens (tertiary/aromatic N) is 2. The highest BCUT2D eigenvalue weighted by atomic mass is 32.2. The predicted octanol–water partition coefficient (Wildman–Crippen LogP) is 4.57. The van der Waals surface area contributed by atoms with Crippen molar-refractivity contribution >= 4 is 29.0 Å². The number of ether oxygens (including phenoxy) is 3. The van der Waals surface area contributed by atoms with Gasteiger partial charge in [-0.1, -0.05) is 12.1 Å². The molecule has 0 spiro atoms. The highest BCUT2D eigenvalue weighted by molar-refractivity contribution is 7.98. The van der Waals surface area contributed by atoms with Crippen molar-refractivity contribution in [1.82, 2.24) is 9.38 Å². The number of fused-ring (bicyclic) bond motifs is 1. The Bertz CT molecular complexity index is 1430. The van der Waals surface area contributed by atoms with Crippen LogP contribution in [-0.2, 0) is 5.75 Å². The highest BCUT2D eigenvalue weighted by Crippen LogP contribution is 2.38. The zero-order valence-electron chi connectivity index (χ0n) is 19.8. The van der Waals surface area contributed by atoms with Crippen LogP contribution in [0.25, 0.3) is 5.65 Å². The fourth-order valence-corrected chi connectivity index (χ4v) is 4.48. The van der Waals surface area contributed by atoms with Crippen molar-refractivity contribution in [3.05, 3.63) is 88.0 Å². The van der Waals surface area contributed by atoms with Gasteiger partial charge in [0.1, 0.15) is 5.65 Å². The van der Waals surface area contributed by atoms with E-state index in [1.165, 1.54) is 43.6 Å². The fourth-order valence-electron chi connectivity index (χ4n) is 3.58. The summed E-state index contributed by atoms with van der Waals surface area (Å²) in [6.45, 7) is 1.96. The molecular weight excluding hydrogens is 466 g/mol. The molecule has 35 heavy (non-hydrogen) atoms. The molecule has 0 aliphatic rings. The molecule has 1 N–H and O–H groups in total. The van der Waals surface area contributed by atoms with Crippen molar-refractivity contribution in [2.45, 2.75) is 17.6 Å². The number of hydrogen-bond donors (Lipinski definition) is 1. The normalized spacial score (nSPS) is 10.7. The van der Waals surface area contributed by atoms with Gasteiger partial charge in [-0.3, -0.25) is 14.0 Å². The summed E-state index contributed by atoms with van der Waals surface area (Å²) >= 11 is 1.49. The number of carbonyl (C=O) groups is 1. The smallest absolute Gasteiger partial charge is 0.258 e. The van der Waals surface area contributed by atoms with Crippen molar-refractivity contribution in [3.63, 3.8) is 0 Å². The Balaban J connectivity index is 1.56. The second-order valence-electron chi connectivity index (χ2n) is 7.67. The van der Waals surface area contributed by atoms with Crippen LogP contribution in [-0.4, -0.2) is 36.6 Å². The predicted molar refractivity (Wildman–Crippen MR) is 136 cm³/mol. The topological polar surface area (TPSA) is 91.2 Å². The third-order valence-corrected chi connectivity index (χ3v) is 6.42. The highest BCUT2D eigenvalue weighted by Gasteiger charge is 2.18. The average molecular weight is 492 g/mol. The first-order valence-corrected chi connectivity index (χ1v) is 11.7. The SMILES string of the molecule is COc1cc(C(=O)Nc2ccccc2SCc2cc(=O)n3ccc(C)cc3n2)cc(OC)c1OC. The van der Waals surface area contributed by atoms with Crippen molar-refractivity contribution in [1.29, 1.82) is 0 Å². The molecule has 0 radical (unpaired) electrons. The van der Waals surface area contributed by atoms with Crippen LogP contribution in [0.3, 0.4) is 0 Å². The molecule has 0 unspecified atom stereocenters. The van der Waals surface area contributed by atoms with Crippen molar-refractivity contribution in [2.75, 3.05) is 26.6 Å². The summed E-state index contributed by atoms with van der Waals surface area (Å²) in [6.07, 6.45) is 1.73. The van der Waals surface area contributed by atoms with Gasteiger partial charge in [0, 0.05) is 28.5 Å². The van der Waals surface area contributed by atoms with Crippen molar-refractivity contribution in [3.8, 4) is 17.2 Å². The van der Waals surface area contributed by atoms with Crippen LogP contribution in [0.15, 0.2) is 70.5 Å². The summed E-state index contributed by atoms with van der Waals surface area (Å²) in [5.74, 6) is 1.34. The number of benzene rings is 2. The largest absolute Gasteiger partial charge is 0.493 e. The molecular formula is C26H25N3O5S. The molecule has 0 bridgehead atoms. The maximum absolute atomic E-state index is 13.1. The number of aryl methyl sites for hydroxylation is 1. The number of methoxy groups -OCH3 is 3. The van der Waals surface area contributed by atoms with Crippen molar-refractivity contribution < 1.29 is 19.0 Å². The molecule has 1 amide bonds. The molecule has 180 valence electrons. The molecule has 0 fully saturated rings. The summed E-state index contributed by atoms with van der Waals surface area (Å²) in [6, 6.07) is 16.0. The molecule has 0 aliphatic carbocycles. The van der Waals surface area contributed by atoms with E-state index in [0.29, 0.717) is 45.6 Å². The first-order chi connectivity index (χ1) is 16.9. The molecule has 2 aromatic heterocycles. The Morgan fingerprint density at radius 3 is 2.40 bits per heavy atom. The van der Waals surface area contributed by atoms with E-state index in [9.17, 15) is 9.59 Å². The number of aromatic nitrogens is 2. The molecule has 0 aliphatic heterocycles. The van der Waals surface area contributed by atoms with Gasteiger partial charge >= 0.3 is 0 Å². The van der Waals surface area contributed by atoms with Crippen molar-refractivity contribution in [2.24, 2.45) is 0 Å². The lowest BCUT2D eigenvalue weighted by Gasteiger charge is -2.15. The van der Waals surface area contributed by atoms with Crippen LogP contribution in [0.2, 0.25) is 0 Å². The van der Waals surface area contributed by atoms with Gasteiger partial charge < -0.3 is 19.5 Å². The molecule has 0 saturated carbocycles.